The van der Waals surface area contributed by atoms with Gasteiger partial charge in [-0.3, -0.25) is 0 Å². The SMILES string of the molecule is CCCCCSc1ccc2c(c1)OC(C(F)(F)F)C(C(=O)O)=C2. The first-order valence-corrected chi connectivity index (χ1v) is 8.26. The molecule has 7 heteroatoms. The third-order valence-electron chi connectivity index (χ3n) is 3.38. The fourth-order valence-electron chi connectivity index (χ4n) is 2.22. The molecule has 0 aromatic heterocycles. The minimum absolute atomic E-state index is 0.0674. The normalized spacial score (nSPS) is 17.2. The van der Waals surface area contributed by atoms with Crippen LogP contribution in [0.2, 0.25) is 0 Å². The number of carboxylic acids is 1. The Bertz CT molecular complexity index is 611. The van der Waals surface area contributed by atoms with E-state index in [-0.39, 0.29) is 5.75 Å². The monoisotopic (exact) mass is 346 g/mol. The lowest BCUT2D eigenvalue weighted by Crippen LogP contribution is -2.40. The van der Waals surface area contributed by atoms with E-state index in [2.05, 4.69) is 6.92 Å². The minimum atomic E-state index is -4.77. The molecule has 1 aliphatic rings. The highest BCUT2D eigenvalue weighted by molar-refractivity contribution is 7.99. The van der Waals surface area contributed by atoms with Crippen molar-refractivity contribution in [1.82, 2.24) is 0 Å². The van der Waals surface area contributed by atoms with Gasteiger partial charge in [0.1, 0.15) is 5.75 Å². The summed E-state index contributed by atoms with van der Waals surface area (Å²) in [6.45, 7) is 2.10. The summed E-state index contributed by atoms with van der Waals surface area (Å²) >= 11 is 1.55. The third-order valence-corrected chi connectivity index (χ3v) is 4.46. The molecular weight excluding hydrogens is 329 g/mol. The number of ether oxygens (including phenoxy) is 1. The summed E-state index contributed by atoms with van der Waals surface area (Å²) in [5, 5.41) is 8.97. The summed E-state index contributed by atoms with van der Waals surface area (Å²) in [7, 11) is 0. The molecule has 3 nitrogen and oxygen atoms in total. The van der Waals surface area contributed by atoms with Crippen molar-refractivity contribution in [2.45, 2.75) is 43.4 Å². The molecule has 0 saturated carbocycles. The summed E-state index contributed by atoms with van der Waals surface area (Å²) in [5.74, 6) is -0.681. The lowest BCUT2D eigenvalue weighted by molar-refractivity contribution is -0.187. The molecule has 0 saturated heterocycles. The van der Waals surface area contributed by atoms with Crippen LogP contribution in [-0.4, -0.2) is 29.1 Å². The van der Waals surface area contributed by atoms with Crippen LogP contribution in [0, 0.1) is 0 Å². The first-order chi connectivity index (χ1) is 10.8. The Labute approximate surface area is 136 Å². The van der Waals surface area contributed by atoms with E-state index in [4.69, 9.17) is 9.84 Å². The molecular formula is C16H17F3O3S. The van der Waals surface area contributed by atoms with Crippen LogP contribution in [0.3, 0.4) is 0 Å². The lowest BCUT2D eigenvalue weighted by Gasteiger charge is -2.27. The topological polar surface area (TPSA) is 46.5 Å². The van der Waals surface area contributed by atoms with Crippen LogP contribution in [0.5, 0.6) is 5.75 Å². The summed E-state index contributed by atoms with van der Waals surface area (Å²) < 4.78 is 43.9. The maximum absolute atomic E-state index is 13.0. The largest absolute Gasteiger partial charge is 0.478 e. The average Bonchev–Trinajstić information content (AvgIpc) is 2.49. The van der Waals surface area contributed by atoms with Gasteiger partial charge in [0.2, 0.25) is 6.10 Å². The van der Waals surface area contributed by atoms with E-state index >= 15 is 0 Å². The number of unbranched alkanes of at least 4 members (excludes halogenated alkanes) is 2. The lowest BCUT2D eigenvalue weighted by atomic mass is 10.0. The molecule has 0 bridgehead atoms. The molecule has 1 unspecified atom stereocenters. The average molecular weight is 346 g/mol. The molecule has 0 fully saturated rings. The predicted octanol–water partition coefficient (Wildman–Crippen LogP) is 4.76. The van der Waals surface area contributed by atoms with Crippen LogP contribution in [0.1, 0.15) is 31.7 Å². The molecule has 1 heterocycles. The zero-order valence-electron chi connectivity index (χ0n) is 12.5. The molecule has 0 aliphatic carbocycles. The van der Waals surface area contributed by atoms with Gasteiger partial charge < -0.3 is 9.84 Å². The van der Waals surface area contributed by atoms with Crippen LogP contribution < -0.4 is 4.74 Å². The number of hydrogen-bond acceptors (Lipinski definition) is 3. The fraction of sp³-hybridized carbons (Fsp3) is 0.438. The van der Waals surface area contributed by atoms with Crippen molar-refractivity contribution in [1.29, 1.82) is 0 Å². The second kappa shape index (κ2) is 7.29. The molecule has 0 radical (unpaired) electrons. The highest BCUT2D eigenvalue weighted by atomic mass is 32.2. The standard InChI is InChI=1S/C16H17F3O3S/c1-2-3-4-7-23-11-6-5-10-8-12(15(20)21)14(16(17,18)19)22-13(10)9-11/h5-6,8-9,14H,2-4,7H2,1H3,(H,20,21). The number of alkyl halides is 3. The molecule has 126 valence electrons. The minimum Gasteiger partial charge on any atom is -0.478 e. The van der Waals surface area contributed by atoms with Crippen molar-refractivity contribution >= 4 is 23.8 Å². The number of carboxylic acid groups (broad SMARTS) is 1. The first-order valence-electron chi connectivity index (χ1n) is 7.28. The van der Waals surface area contributed by atoms with Crippen LogP contribution in [0.25, 0.3) is 6.08 Å². The number of benzene rings is 1. The van der Waals surface area contributed by atoms with Gasteiger partial charge in [0.25, 0.3) is 0 Å². The number of rotatable bonds is 6. The van der Waals surface area contributed by atoms with Crippen LogP contribution in [0.15, 0.2) is 28.7 Å². The van der Waals surface area contributed by atoms with Gasteiger partial charge in [-0.25, -0.2) is 4.79 Å². The van der Waals surface area contributed by atoms with Crippen molar-refractivity contribution in [3.05, 3.63) is 29.3 Å². The maximum atomic E-state index is 13.0. The number of hydrogen-bond donors (Lipinski definition) is 1. The van der Waals surface area contributed by atoms with E-state index in [1.54, 1.807) is 30.0 Å². The smallest absolute Gasteiger partial charge is 0.430 e. The maximum Gasteiger partial charge on any atom is 0.430 e. The van der Waals surface area contributed by atoms with E-state index in [9.17, 15) is 18.0 Å². The third kappa shape index (κ3) is 4.43. The van der Waals surface area contributed by atoms with Gasteiger partial charge in [-0.1, -0.05) is 25.8 Å². The first kappa shape index (κ1) is 17.7. The van der Waals surface area contributed by atoms with Gasteiger partial charge in [0, 0.05) is 10.5 Å². The number of halogens is 3. The van der Waals surface area contributed by atoms with Crippen LogP contribution in [0.4, 0.5) is 13.2 Å². The van der Waals surface area contributed by atoms with E-state index in [1.165, 1.54) is 0 Å². The quantitative estimate of drug-likeness (QED) is 0.596. The van der Waals surface area contributed by atoms with E-state index < -0.39 is 23.8 Å². The number of thioether (sulfide) groups is 1. The highest BCUT2D eigenvalue weighted by Gasteiger charge is 2.48. The second-order valence-corrected chi connectivity index (χ2v) is 6.37. The van der Waals surface area contributed by atoms with Crippen molar-refractivity contribution < 1.29 is 27.8 Å². The fourth-order valence-corrected chi connectivity index (χ4v) is 3.16. The molecule has 0 amide bonds. The summed E-state index contributed by atoms with van der Waals surface area (Å²) in [5.41, 5.74) is -0.450. The summed E-state index contributed by atoms with van der Waals surface area (Å²) in [6.07, 6.45) is -2.93. The molecule has 1 aromatic carbocycles. The highest BCUT2D eigenvalue weighted by Crippen LogP contribution is 2.39. The van der Waals surface area contributed by atoms with E-state index in [1.807, 2.05) is 0 Å². The molecule has 1 N–H and O–H groups in total. The van der Waals surface area contributed by atoms with Crippen molar-refractivity contribution in [3.8, 4) is 5.75 Å². The van der Waals surface area contributed by atoms with Crippen LogP contribution >= 0.6 is 11.8 Å². The summed E-state index contributed by atoms with van der Waals surface area (Å²) in [4.78, 5) is 11.9. The molecule has 1 aromatic rings. The van der Waals surface area contributed by atoms with Crippen LogP contribution in [-0.2, 0) is 4.79 Å². The van der Waals surface area contributed by atoms with Gasteiger partial charge in [0.05, 0.1) is 5.57 Å². The summed E-state index contributed by atoms with van der Waals surface area (Å²) in [6, 6.07) is 4.90. The zero-order valence-corrected chi connectivity index (χ0v) is 13.3. The Morgan fingerprint density at radius 2 is 2.09 bits per heavy atom. The number of aliphatic carboxylic acids is 1. The van der Waals surface area contributed by atoms with E-state index in [0.29, 0.717) is 5.56 Å². The van der Waals surface area contributed by atoms with Gasteiger partial charge in [0.15, 0.2) is 0 Å². The number of fused-ring (bicyclic) bond motifs is 1. The molecule has 1 aliphatic heterocycles. The van der Waals surface area contributed by atoms with Gasteiger partial charge in [-0.2, -0.15) is 13.2 Å². The molecule has 1 atom stereocenters. The second-order valence-electron chi connectivity index (χ2n) is 5.20. The Kier molecular flexibility index (Phi) is 5.62. The Balaban J connectivity index is 2.22. The molecule has 23 heavy (non-hydrogen) atoms. The Morgan fingerprint density at radius 1 is 1.35 bits per heavy atom. The molecule has 2 rings (SSSR count). The Hall–Kier alpha value is -1.63. The van der Waals surface area contributed by atoms with Crippen molar-refractivity contribution in [2.24, 2.45) is 0 Å². The van der Waals surface area contributed by atoms with Gasteiger partial charge in [-0.05, 0) is 30.4 Å². The van der Waals surface area contributed by atoms with Gasteiger partial charge >= 0.3 is 12.1 Å². The Morgan fingerprint density at radius 3 is 2.70 bits per heavy atom. The van der Waals surface area contributed by atoms with Crippen molar-refractivity contribution in [3.63, 3.8) is 0 Å². The molecule has 0 spiro atoms. The van der Waals surface area contributed by atoms with Crippen molar-refractivity contribution in [2.75, 3.05) is 5.75 Å². The predicted molar refractivity (Wildman–Crippen MR) is 82.8 cm³/mol. The van der Waals surface area contributed by atoms with E-state index in [0.717, 1.165) is 36.0 Å². The van der Waals surface area contributed by atoms with Gasteiger partial charge in [-0.15, -0.1) is 11.8 Å². The number of carbonyl (C=O) groups is 1. The zero-order chi connectivity index (χ0) is 17.0.